The Morgan fingerprint density at radius 1 is 1.06 bits per heavy atom. The fourth-order valence-electron chi connectivity index (χ4n) is 3.17. The van der Waals surface area contributed by atoms with Gasteiger partial charge >= 0.3 is 6.67 Å². The number of pyridine rings is 2. The van der Waals surface area contributed by atoms with E-state index in [1.165, 1.54) is 32.9 Å². The van der Waals surface area contributed by atoms with Gasteiger partial charge in [-0.25, -0.2) is 0 Å². The number of rotatable bonds is 1. The molecule has 0 N–H and O–H groups in total. The summed E-state index contributed by atoms with van der Waals surface area (Å²) in [5, 5.41) is 2.81. The van der Waals surface area contributed by atoms with Crippen LogP contribution in [-0.2, 0) is 13.1 Å². The van der Waals surface area contributed by atoms with Crippen LogP contribution in [0.4, 0.5) is 0 Å². The first kappa shape index (κ1) is 10.0. The third-order valence-corrected chi connectivity index (χ3v) is 4.12. The van der Waals surface area contributed by atoms with Crippen LogP contribution in [-0.4, -0.2) is 0 Å². The van der Waals surface area contributed by atoms with Crippen LogP contribution in [0.25, 0.3) is 21.8 Å². The molecule has 0 radical (unpaired) electrons. The van der Waals surface area contributed by atoms with Crippen LogP contribution in [0.3, 0.4) is 0 Å². The smallest absolute Gasteiger partial charge is 0.133 e. The van der Waals surface area contributed by atoms with E-state index in [4.69, 9.17) is 0 Å². The van der Waals surface area contributed by atoms with Crippen molar-refractivity contribution in [1.29, 1.82) is 0 Å². The molecule has 88 valence electrons. The molecule has 1 aromatic carbocycles. The third kappa shape index (κ3) is 1.08. The van der Waals surface area contributed by atoms with Gasteiger partial charge in [-0.2, -0.15) is 0 Å². The second-order valence-corrected chi connectivity index (χ2v) is 5.14. The van der Waals surface area contributed by atoms with Crippen molar-refractivity contribution >= 4 is 21.8 Å². The predicted molar refractivity (Wildman–Crippen MR) is 71.4 cm³/mol. The van der Waals surface area contributed by atoms with E-state index in [1.54, 1.807) is 0 Å². The Bertz CT molecular complexity index is 803. The third-order valence-electron chi connectivity index (χ3n) is 4.12. The number of benzene rings is 1. The van der Waals surface area contributed by atoms with Gasteiger partial charge in [0.05, 0.1) is 10.8 Å². The van der Waals surface area contributed by atoms with E-state index in [-0.39, 0.29) is 0 Å². The molecule has 3 heterocycles. The zero-order valence-corrected chi connectivity index (χ0v) is 10.8. The van der Waals surface area contributed by atoms with E-state index in [1.807, 2.05) is 0 Å². The molecule has 0 spiro atoms. The van der Waals surface area contributed by atoms with E-state index in [9.17, 15) is 0 Å². The van der Waals surface area contributed by atoms with Crippen molar-refractivity contribution in [1.82, 2.24) is 0 Å². The Hall–Kier alpha value is -1.96. The van der Waals surface area contributed by atoms with Gasteiger partial charge < -0.3 is 0 Å². The Kier molecular flexibility index (Phi) is 1.83. The normalized spacial score (nSPS) is 13.0. The van der Waals surface area contributed by atoms with Crippen molar-refractivity contribution < 1.29 is 9.13 Å². The maximum absolute atomic E-state index is 2.37. The highest BCUT2D eigenvalue weighted by Gasteiger charge is 2.32. The van der Waals surface area contributed by atoms with Crippen LogP contribution in [0.2, 0.25) is 0 Å². The summed E-state index contributed by atoms with van der Waals surface area (Å²) in [7, 11) is 0. The zero-order chi connectivity index (χ0) is 12.3. The van der Waals surface area contributed by atoms with Crippen molar-refractivity contribution in [2.75, 3.05) is 0 Å². The van der Waals surface area contributed by atoms with E-state index in [2.05, 4.69) is 59.6 Å². The fraction of sp³-hybridized carbons (Fsp3) is 0.250. The largest absolute Gasteiger partial charge is 0.345 e. The van der Waals surface area contributed by atoms with Crippen molar-refractivity contribution in [3.8, 4) is 0 Å². The highest BCUT2D eigenvalue weighted by molar-refractivity contribution is 6.02. The molecule has 2 heteroatoms. The molecule has 2 aromatic heterocycles. The molecule has 0 saturated heterocycles. The summed E-state index contributed by atoms with van der Waals surface area (Å²) in [6, 6.07) is 9.01. The van der Waals surface area contributed by atoms with Gasteiger partial charge in [-0.05, 0) is 36.6 Å². The number of aromatic nitrogens is 2. The van der Waals surface area contributed by atoms with E-state index in [0.717, 1.165) is 13.1 Å². The van der Waals surface area contributed by atoms with Crippen LogP contribution >= 0.6 is 0 Å². The highest BCUT2D eigenvalue weighted by Crippen LogP contribution is 2.28. The molecule has 0 aliphatic carbocycles. The molecule has 1 aliphatic heterocycles. The first-order chi connectivity index (χ1) is 8.79. The monoisotopic (exact) mass is 236 g/mol. The van der Waals surface area contributed by atoms with Gasteiger partial charge in [-0.15, -0.1) is 9.13 Å². The molecule has 2 nitrogen and oxygen atoms in total. The van der Waals surface area contributed by atoms with Gasteiger partial charge in [-0.3, -0.25) is 0 Å². The second kappa shape index (κ2) is 3.29. The molecule has 0 unspecified atom stereocenters. The standard InChI is InChI=1S/C16H16N2/c1-3-12-9-14-11(2)6-8-18-10-17-7-4-5-13(12)15(17)16(14)18/h4-9H,3,10H2,1-2H3/q+2. The summed E-state index contributed by atoms with van der Waals surface area (Å²) in [4.78, 5) is 0. The number of aryl methyl sites for hydroxylation is 2. The van der Waals surface area contributed by atoms with Gasteiger partial charge in [0.2, 0.25) is 0 Å². The molecular formula is C16H16N2+2. The summed E-state index contributed by atoms with van der Waals surface area (Å²) >= 11 is 0. The van der Waals surface area contributed by atoms with Gasteiger partial charge in [-0.1, -0.05) is 6.92 Å². The first-order valence-corrected chi connectivity index (χ1v) is 6.56. The SMILES string of the molecule is CCc1cc2c(C)cc[n+]3c2c2c1ccc[n+]2C3. The van der Waals surface area contributed by atoms with Gasteiger partial charge in [0.1, 0.15) is 0 Å². The number of hydrogen-bond acceptors (Lipinski definition) is 0. The van der Waals surface area contributed by atoms with Crippen LogP contribution < -0.4 is 9.13 Å². The van der Waals surface area contributed by atoms with Crippen molar-refractivity contribution in [2.45, 2.75) is 26.9 Å². The minimum atomic E-state index is 0.941. The molecule has 4 rings (SSSR count). The van der Waals surface area contributed by atoms with E-state index < -0.39 is 0 Å². The second-order valence-electron chi connectivity index (χ2n) is 5.14. The molecular weight excluding hydrogens is 220 g/mol. The summed E-state index contributed by atoms with van der Waals surface area (Å²) in [6.07, 6.45) is 5.48. The number of nitrogens with zero attached hydrogens (tertiary/aromatic N) is 2. The van der Waals surface area contributed by atoms with Gasteiger partial charge in [0.25, 0.3) is 11.0 Å². The molecule has 18 heavy (non-hydrogen) atoms. The summed E-state index contributed by atoms with van der Waals surface area (Å²) < 4.78 is 4.71. The zero-order valence-electron chi connectivity index (χ0n) is 10.8. The Labute approximate surface area is 106 Å². The van der Waals surface area contributed by atoms with Gasteiger partial charge in [0.15, 0.2) is 12.4 Å². The lowest BCUT2D eigenvalue weighted by Crippen LogP contribution is -2.45. The Balaban J connectivity index is 2.36. The van der Waals surface area contributed by atoms with Crippen molar-refractivity contribution in [3.63, 3.8) is 0 Å². The summed E-state index contributed by atoms with van der Waals surface area (Å²) in [5.74, 6) is 0. The van der Waals surface area contributed by atoms with E-state index in [0.29, 0.717) is 0 Å². The molecule has 0 atom stereocenters. The molecule has 0 amide bonds. The molecule has 0 fully saturated rings. The average molecular weight is 236 g/mol. The van der Waals surface area contributed by atoms with Crippen molar-refractivity contribution in [3.05, 3.63) is 47.8 Å². The first-order valence-electron chi connectivity index (χ1n) is 6.56. The minimum absolute atomic E-state index is 0.941. The minimum Gasteiger partial charge on any atom is -0.133 e. The lowest BCUT2D eigenvalue weighted by atomic mass is 10.00. The Morgan fingerprint density at radius 3 is 2.67 bits per heavy atom. The summed E-state index contributed by atoms with van der Waals surface area (Å²) in [5.41, 5.74) is 5.61. The van der Waals surface area contributed by atoms with Crippen LogP contribution in [0.1, 0.15) is 18.1 Å². The van der Waals surface area contributed by atoms with Crippen LogP contribution in [0.5, 0.6) is 0 Å². The maximum Gasteiger partial charge on any atom is 0.345 e. The lowest BCUT2D eigenvalue weighted by Gasteiger charge is -2.02. The fourth-order valence-corrected chi connectivity index (χ4v) is 3.17. The molecule has 3 aromatic rings. The lowest BCUT2D eigenvalue weighted by molar-refractivity contribution is -0.872. The summed E-state index contributed by atoms with van der Waals surface area (Å²) in [6.45, 7) is 5.38. The Morgan fingerprint density at radius 2 is 1.83 bits per heavy atom. The van der Waals surface area contributed by atoms with Crippen molar-refractivity contribution in [2.24, 2.45) is 0 Å². The predicted octanol–water partition coefficient (Wildman–Crippen LogP) is 2.26. The van der Waals surface area contributed by atoms with E-state index >= 15 is 0 Å². The highest BCUT2D eigenvalue weighted by atomic mass is 15.2. The molecule has 0 bridgehead atoms. The average Bonchev–Trinajstić information content (AvgIpc) is 2.78. The molecule has 1 aliphatic rings. The molecule has 0 saturated carbocycles. The number of hydrogen-bond donors (Lipinski definition) is 0. The van der Waals surface area contributed by atoms with Crippen LogP contribution in [0, 0.1) is 6.92 Å². The topological polar surface area (TPSA) is 7.76 Å². The van der Waals surface area contributed by atoms with Crippen LogP contribution in [0.15, 0.2) is 36.7 Å². The van der Waals surface area contributed by atoms with Gasteiger partial charge in [0, 0.05) is 12.1 Å². The maximum atomic E-state index is 2.37. The quantitative estimate of drug-likeness (QED) is 0.354.